The fourth-order valence-electron chi connectivity index (χ4n) is 2.17. The lowest BCUT2D eigenvalue weighted by molar-refractivity contribution is 0.513. The molecular formula is C12H20N6. The molecule has 1 N–H and O–H groups in total. The van der Waals surface area contributed by atoms with Crippen molar-refractivity contribution >= 4 is 0 Å². The molecule has 2 aromatic rings. The molecule has 0 radical (unpaired) electrons. The molecule has 0 aliphatic rings. The van der Waals surface area contributed by atoms with Crippen LogP contribution in [0.2, 0.25) is 0 Å². The molecule has 2 rings (SSSR count). The third kappa shape index (κ3) is 2.28. The van der Waals surface area contributed by atoms with Gasteiger partial charge in [0.25, 0.3) is 0 Å². The van der Waals surface area contributed by atoms with Crippen LogP contribution in [0.25, 0.3) is 0 Å². The van der Waals surface area contributed by atoms with Crippen LogP contribution in [0.3, 0.4) is 0 Å². The molecular weight excluding hydrogens is 228 g/mol. The van der Waals surface area contributed by atoms with E-state index in [1.54, 1.807) is 10.9 Å². The van der Waals surface area contributed by atoms with Crippen molar-refractivity contribution in [2.75, 3.05) is 6.54 Å². The Morgan fingerprint density at radius 2 is 2.11 bits per heavy atom. The number of nitrogens with one attached hydrogen (secondary N) is 1. The molecule has 0 bridgehead atoms. The molecule has 6 heteroatoms. The highest BCUT2D eigenvalue weighted by Crippen LogP contribution is 2.21. The lowest BCUT2D eigenvalue weighted by Crippen LogP contribution is -2.26. The third-order valence-electron chi connectivity index (χ3n) is 2.98. The van der Waals surface area contributed by atoms with Crippen molar-refractivity contribution in [2.24, 2.45) is 7.05 Å². The van der Waals surface area contributed by atoms with Crippen LogP contribution in [-0.4, -0.2) is 31.3 Å². The molecule has 0 fully saturated rings. The largest absolute Gasteiger partial charge is 0.304 e. The smallest absolute Gasteiger partial charge is 0.0935 e. The number of aromatic nitrogens is 5. The molecule has 2 aromatic heterocycles. The highest BCUT2D eigenvalue weighted by molar-refractivity contribution is 5.22. The van der Waals surface area contributed by atoms with Gasteiger partial charge in [-0.1, -0.05) is 12.1 Å². The summed E-state index contributed by atoms with van der Waals surface area (Å²) in [6.07, 6.45) is 1.80. The quantitative estimate of drug-likeness (QED) is 0.859. The number of hydrogen-bond donors (Lipinski definition) is 1. The number of rotatable bonds is 5. The van der Waals surface area contributed by atoms with Crippen LogP contribution in [0, 0.1) is 6.92 Å². The summed E-state index contributed by atoms with van der Waals surface area (Å²) >= 11 is 0. The summed E-state index contributed by atoms with van der Waals surface area (Å²) in [5.74, 6) is 0. The van der Waals surface area contributed by atoms with Crippen LogP contribution in [0.1, 0.15) is 37.0 Å². The lowest BCUT2D eigenvalue weighted by atomic mass is 10.1. The Bertz CT molecular complexity index is 512. The van der Waals surface area contributed by atoms with Gasteiger partial charge in [0, 0.05) is 13.6 Å². The van der Waals surface area contributed by atoms with Crippen molar-refractivity contribution in [3.8, 4) is 0 Å². The van der Waals surface area contributed by atoms with Crippen LogP contribution in [0.15, 0.2) is 12.3 Å². The Labute approximate surface area is 107 Å². The van der Waals surface area contributed by atoms with Gasteiger partial charge in [0.05, 0.1) is 29.3 Å². The van der Waals surface area contributed by atoms with Gasteiger partial charge in [-0.2, -0.15) is 5.10 Å². The lowest BCUT2D eigenvalue weighted by Gasteiger charge is -2.18. The zero-order valence-corrected chi connectivity index (χ0v) is 11.4. The van der Waals surface area contributed by atoms with Crippen LogP contribution in [0.4, 0.5) is 0 Å². The summed E-state index contributed by atoms with van der Waals surface area (Å²) in [6.45, 7) is 7.94. The second kappa shape index (κ2) is 5.30. The van der Waals surface area contributed by atoms with E-state index >= 15 is 0 Å². The van der Waals surface area contributed by atoms with E-state index in [9.17, 15) is 0 Å². The SMILES string of the molecule is CCNC(c1cnnn1C)c1cc(C)nn1CC. The summed E-state index contributed by atoms with van der Waals surface area (Å²) in [7, 11) is 1.91. The van der Waals surface area contributed by atoms with E-state index in [0.717, 1.165) is 30.2 Å². The number of nitrogens with zero attached hydrogens (tertiary/aromatic N) is 5. The number of aryl methyl sites for hydroxylation is 3. The average Bonchev–Trinajstić information content (AvgIpc) is 2.92. The fraction of sp³-hybridized carbons (Fsp3) is 0.583. The minimum absolute atomic E-state index is 0.0798. The topological polar surface area (TPSA) is 60.6 Å². The zero-order valence-electron chi connectivity index (χ0n) is 11.4. The minimum Gasteiger partial charge on any atom is -0.304 e. The summed E-state index contributed by atoms with van der Waals surface area (Å²) in [5, 5.41) is 15.9. The highest BCUT2D eigenvalue weighted by atomic mass is 15.4. The molecule has 18 heavy (non-hydrogen) atoms. The molecule has 1 atom stereocenters. The molecule has 0 aliphatic heterocycles. The van der Waals surface area contributed by atoms with Gasteiger partial charge in [-0.05, 0) is 26.5 Å². The molecule has 0 spiro atoms. The van der Waals surface area contributed by atoms with Gasteiger partial charge < -0.3 is 5.32 Å². The summed E-state index contributed by atoms with van der Waals surface area (Å²) in [4.78, 5) is 0. The van der Waals surface area contributed by atoms with Crippen LogP contribution in [-0.2, 0) is 13.6 Å². The van der Waals surface area contributed by atoms with E-state index in [4.69, 9.17) is 0 Å². The second-order valence-electron chi connectivity index (χ2n) is 4.30. The molecule has 0 aliphatic carbocycles. The molecule has 0 aromatic carbocycles. The predicted octanol–water partition coefficient (Wildman–Crippen LogP) is 1.04. The highest BCUT2D eigenvalue weighted by Gasteiger charge is 2.21. The normalized spacial score (nSPS) is 12.9. The summed E-state index contributed by atoms with van der Waals surface area (Å²) < 4.78 is 3.82. The second-order valence-corrected chi connectivity index (χ2v) is 4.30. The first-order valence-electron chi connectivity index (χ1n) is 6.29. The van der Waals surface area contributed by atoms with Crippen molar-refractivity contribution in [1.82, 2.24) is 30.1 Å². The van der Waals surface area contributed by atoms with Crippen molar-refractivity contribution < 1.29 is 0 Å². The van der Waals surface area contributed by atoms with Crippen molar-refractivity contribution in [2.45, 2.75) is 33.4 Å². The van der Waals surface area contributed by atoms with E-state index < -0.39 is 0 Å². The van der Waals surface area contributed by atoms with Crippen molar-refractivity contribution in [1.29, 1.82) is 0 Å². The molecule has 0 saturated heterocycles. The molecule has 0 saturated carbocycles. The first-order valence-corrected chi connectivity index (χ1v) is 6.29. The van der Waals surface area contributed by atoms with Crippen molar-refractivity contribution in [3.05, 3.63) is 29.3 Å². The molecule has 98 valence electrons. The Kier molecular flexibility index (Phi) is 3.76. The first kappa shape index (κ1) is 12.8. The van der Waals surface area contributed by atoms with Gasteiger partial charge in [-0.15, -0.1) is 5.10 Å². The number of hydrogen-bond acceptors (Lipinski definition) is 4. The van der Waals surface area contributed by atoms with Crippen LogP contribution in [0.5, 0.6) is 0 Å². The average molecular weight is 248 g/mol. The molecule has 6 nitrogen and oxygen atoms in total. The van der Waals surface area contributed by atoms with E-state index in [1.807, 2.05) is 18.7 Å². The Morgan fingerprint density at radius 1 is 1.33 bits per heavy atom. The van der Waals surface area contributed by atoms with E-state index in [-0.39, 0.29) is 6.04 Å². The monoisotopic (exact) mass is 248 g/mol. The van der Waals surface area contributed by atoms with Gasteiger partial charge in [0.15, 0.2) is 0 Å². The van der Waals surface area contributed by atoms with Gasteiger partial charge in [0.2, 0.25) is 0 Å². The van der Waals surface area contributed by atoms with E-state index in [1.165, 1.54) is 0 Å². The Hall–Kier alpha value is -1.69. The van der Waals surface area contributed by atoms with Crippen molar-refractivity contribution in [3.63, 3.8) is 0 Å². The van der Waals surface area contributed by atoms with Crippen LogP contribution >= 0.6 is 0 Å². The fourth-order valence-corrected chi connectivity index (χ4v) is 2.17. The zero-order chi connectivity index (χ0) is 13.1. The van der Waals surface area contributed by atoms with Crippen LogP contribution < -0.4 is 5.32 Å². The first-order chi connectivity index (χ1) is 8.67. The van der Waals surface area contributed by atoms with Gasteiger partial charge in [-0.3, -0.25) is 9.36 Å². The maximum absolute atomic E-state index is 4.50. The predicted molar refractivity (Wildman–Crippen MR) is 69.2 cm³/mol. The molecule has 1 unspecified atom stereocenters. The van der Waals surface area contributed by atoms with Gasteiger partial charge >= 0.3 is 0 Å². The maximum atomic E-state index is 4.50. The Morgan fingerprint density at radius 3 is 2.67 bits per heavy atom. The summed E-state index contributed by atoms with van der Waals surface area (Å²) in [5.41, 5.74) is 3.23. The standard InChI is InChI=1S/C12H20N6/c1-5-13-12(11-8-14-16-17(11)4)10-7-9(3)15-18(10)6-2/h7-8,12-13H,5-6H2,1-4H3. The van der Waals surface area contributed by atoms with Gasteiger partial charge in [0.1, 0.15) is 0 Å². The maximum Gasteiger partial charge on any atom is 0.0935 e. The van der Waals surface area contributed by atoms with E-state index in [0.29, 0.717) is 0 Å². The summed E-state index contributed by atoms with van der Waals surface area (Å²) in [6, 6.07) is 2.19. The van der Waals surface area contributed by atoms with Gasteiger partial charge in [-0.25, -0.2) is 0 Å². The third-order valence-corrected chi connectivity index (χ3v) is 2.98. The van der Waals surface area contributed by atoms with E-state index in [2.05, 4.69) is 40.6 Å². The Balaban J connectivity index is 2.44. The molecule has 0 amide bonds. The molecule has 2 heterocycles. The minimum atomic E-state index is 0.0798.